The highest BCUT2D eigenvalue weighted by Crippen LogP contribution is 2.31. The molecule has 1 aliphatic heterocycles. The van der Waals surface area contributed by atoms with Gasteiger partial charge in [0.15, 0.2) is 0 Å². The lowest BCUT2D eigenvalue weighted by Crippen LogP contribution is -2.50. The Balaban J connectivity index is 1.41. The van der Waals surface area contributed by atoms with Crippen molar-refractivity contribution in [2.45, 2.75) is 37.3 Å². The standard InChI is InChI=1S/C33H37ClN4O6S/c1-21-17-38(22(2)20-39)33(41)28-16-25(35-32(40)15-23-18-36(3)29-8-6-5-7-27(23)29)11-14-30(28)44-31(21)19-37(4)45(42,43)26-12-9-24(34)10-13-26/h5-14,16,18,21-22,31,39H,15,17,19-20H2,1-4H3,(H,35,40)/t21-,22+,31+/m1/s1. The summed E-state index contributed by atoms with van der Waals surface area (Å²) in [6.07, 6.45) is 1.44. The molecule has 0 spiro atoms. The van der Waals surface area contributed by atoms with Gasteiger partial charge in [-0.05, 0) is 61.0 Å². The van der Waals surface area contributed by atoms with Crippen molar-refractivity contribution < 1.29 is 27.9 Å². The number of anilines is 1. The van der Waals surface area contributed by atoms with Gasteiger partial charge in [-0.15, -0.1) is 0 Å². The molecule has 238 valence electrons. The van der Waals surface area contributed by atoms with Gasteiger partial charge < -0.3 is 24.6 Å². The Hall–Kier alpha value is -3.90. The number of likely N-dealkylation sites (N-methyl/N-ethyl adjacent to an activating group) is 1. The summed E-state index contributed by atoms with van der Waals surface area (Å²) in [7, 11) is -0.443. The number of carbonyl (C=O) groups excluding carboxylic acids is 2. The summed E-state index contributed by atoms with van der Waals surface area (Å²) in [5, 5.41) is 14.3. The molecule has 0 bridgehead atoms. The van der Waals surface area contributed by atoms with Gasteiger partial charge in [0.1, 0.15) is 11.9 Å². The number of para-hydroxylation sites is 1. The van der Waals surface area contributed by atoms with Crippen LogP contribution in [0, 0.1) is 5.92 Å². The van der Waals surface area contributed by atoms with Gasteiger partial charge in [0, 0.05) is 54.4 Å². The molecule has 3 atom stereocenters. The van der Waals surface area contributed by atoms with Crippen LogP contribution >= 0.6 is 11.6 Å². The molecule has 0 unspecified atom stereocenters. The van der Waals surface area contributed by atoms with Crippen molar-refractivity contribution in [2.75, 3.05) is 32.1 Å². The Morgan fingerprint density at radius 3 is 2.58 bits per heavy atom. The van der Waals surface area contributed by atoms with Crippen LogP contribution in [0.4, 0.5) is 5.69 Å². The maximum atomic E-state index is 13.8. The number of sulfonamides is 1. The van der Waals surface area contributed by atoms with E-state index in [1.165, 1.54) is 35.6 Å². The number of hydrogen-bond donors (Lipinski definition) is 2. The molecule has 0 radical (unpaired) electrons. The van der Waals surface area contributed by atoms with Gasteiger partial charge in [-0.2, -0.15) is 4.31 Å². The number of nitrogens with one attached hydrogen (secondary N) is 1. The van der Waals surface area contributed by atoms with Gasteiger partial charge in [-0.1, -0.05) is 36.7 Å². The normalized spacial score (nSPS) is 17.8. The molecule has 2 heterocycles. The second-order valence-electron chi connectivity index (χ2n) is 11.6. The largest absolute Gasteiger partial charge is 0.488 e. The monoisotopic (exact) mass is 652 g/mol. The summed E-state index contributed by atoms with van der Waals surface area (Å²) in [4.78, 5) is 28.6. The van der Waals surface area contributed by atoms with E-state index < -0.39 is 22.2 Å². The van der Waals surface area contributed by atoms with Gasteiger partial charge in [0.05, 0.1) is 36.1 Å². The fourth-order valence-corrected chi connectivity index (χ4v) is 6.91. The zero-order valence-corrected chi connectivity index (χ0v) is 27.2. The van der Waals surface area contributed by atoms with Crippen LogP contribution in [0.25, 0.3) is 10.9 Å². The molecule has 0 saturated heterocycles. The number of aliphatic hydroxyl groups is 1. The second-order valence-corrected chi connectivity index (χ2v) is 14.1. The first-order valence-corrected chi connectivity index (χ1v) is 16.5. The number of benzene rings is 3. The van der Waals surface area contributed by atoms with Crippen LogP contribution in [0.5, 0.6) is 5.75 Å². The van der Waals surface area contributed by atoms with Gasteiger partial charge >= 0.3 is 0 Å². The molecular formula is C33H37ClN4O6S. The molecule has 2 amide bonds. The van der Waals surface area contributed by atoms with Crippen molar-refractivity contribution in [1.29, 1.82) is 0 Å². The molecule has 3 aromatic carbocycles. The summed E-state index contributed by atoms with van der Waals surface area (Å²) in [5.41, 5.74) is 2.53. The SMILES string of the molecule is C[C@@H]1CN([C@@H](C)CO)C(=O)c2cc(NC(=O)Cc3cn(C)c4ccccc34)ccc2O[C@H]1CN(C)S(=O)(=O)c1ccc(Cl)cc1. The summed E-state index contributed by atoms with van der Waals surface area (Å²) < 4.78 is 36.2. The van der Waals surface area contributed by atoms with Gasteiger partial charge in [-0.3, -0.25) is 9.59 Å². The number of aliphatic hydroxyl groups excluding tert-OH is 1. The Kier molecular flexibility index (Phi) is 9.54. The minimum absolute atomic E-state index is 0.00459. The first kappa shape index (κ1) is 32.5. The fraction of sp³-hybridized carbons (Fsp3) is 0.333. The number of carbonyl (C=O) groups is 2. The average Bonchev–Trinajstić information content (AvgIpc) is 3.33. The lowest BCUT2D eigenvalue weighted by molar-refractivity contribution is -0.115. The molecule has 0 saturated carbocycles. The van der Waals surface area contributed by atoms with Crippen LogP contribution in [0.2, 0.25) is 5.02 Å². The number of halogens is 1. The zero-order chi connectivity index (χ0) is 32.5. The third-order valence-electron chi connectivity index (χ3n) is 8.24. The molecule has 5 rings (SSSR count). The summed E-state index contributed by atoms with van der Waals surface area (Å²) in [6, 6.07) is 18.1. The molecule has 4 aromatic rings. The molecule has 1 aromatic heterocycles. The Labute approximate surface area is 268 Å². The van der Waals surface area contributed by atoms with E-state index in [9.17, 15) is 23.1 Å². The van der Waals surface area contributed by atoms with Crippen molar-refractivity contribution in [1.82, 2.24) is 13.8 Å². The van der Waals surface area contributed by atoms with E-state index >= 15 is 0 Å². The number of hydrogen-bond acceptors (Lipinski definition) is 6. The number of fused-ring (bicyclic) bond motifs is 2. The number of ether oxygens (including phenoxy) is 1. The Bertz CT molecular complexity index is 1820. The van der Waals surface area contributed by atoms with Crippen LogP contribution < -0.4 is 10.1 Å². The predicted molar refractivity (Wildman–Crippen MR) is 174 cm³/mol. The van der Waals surface area contributed by atoms with Crippen LogP contribution in [0.1, 0.15) is 29.8 Å². The third kappa shape index (κ3) is 6.86. The summed E-state index contributed by atoms with van der Waals surface area (Å²) >= 11 is 5.96. The zero-order valence-electron chi connectivity index (χ0n) is 25.6. The number of amides is 2. The van der Waals surface area contributed by atoms with Crippen molar-refractivity contribution in [3.63, 3.8) is 0 Å². The van der Waals surface area contributed by atoms with E-state index in [4.69, 9.17) is 16.3 Å². The van der Waals surface area contributed by atoms with Crippen LogP contribution in [-0.2, 0) is 28.3 Å². The lowest BCUT2D eigenvalue weighted by Gasteiger charge is -2.38. The molecule has 1 aliphatic rings. The van der Waals surface area contributed by atoms with E-state index in [0.717, 1.165) is 16.5 Å². The first-order valence-electron chi connectivity index (χ1n) is 14.7. The summed E-state index contributed by atoms with van der Waals surface area (Å²) in [6.45, 7) is 3.59. The third-order valence-corrected chi connectivity index (χ3v) is 10.3. The number of aryl methyl sites for hydroxylation is 1. The molecule has 2 N–H and O–H groups in total. The molecular weight excluding hydrogens is 616 g/mol. The van der Waals surface area contributed by atoms with Crippen LogP contribution in [-0.4, -0.2) is 78.0 Å². The van der Waals surface area contributed by atoms with E-state index in [1.54, 1.807) is 30.0 Å². The van der Waals surface area contributed by atoms with E-state index in [-0.39, 0.29) is 60.1 Å². The number of aromatic nitrogens is 1. The Morgan fingerprint density at radius 1 is 1.16 bits per heavy atom. The second kappa shape index (κ2) is 13.2. The van der Waals surface area contributed by atoms with E-state index in [1.807, 2.05) is 49.0 Å². The smallest absolute Gasteiger partial charge is 0.258 e. The molecule has 12 heteroatoms. The molecule has 45 heavy (non-hydrogen) atoms. The average molecular weight is 653 g/mol. The lowest BCUT2D eigenvalue weighted by atomic mass is 9.99. The van der Waals surface area contributed by atoms with Crippen molar-refractivity contribution in [3.05, 3.63) is 89.1 Å². The molecule has 0 aliphatic carbocycles. The summed E-state index contributed by atoms with van der Waals surface area (Å²) in [5.74, 6) is -0.633. The quantitative estimate of drug-likeness (QED) is 0.274. The minimum atomic E-state index is -3.86. The van der Waals surface area contributed by atoms with Crippen molar-refractivity contribution in [2.24, 2.45) is 13.0 Å². The van der Waals surface area contributed by atoms with Crippen LogP contribution in [0.15, 0.2) is 77.8 Å². The predicted octanol–water partition coefficient (Wildman–Crippen LogP) is 4.55. The maximum absolute atomic E-state index is 13.8. The Morgan fingerprint density at radius 2 is 1.87 bits per heavy atom. The first-order chi connectivity index (χ1) is 21.4. The van der Waals surface area contributed by atoms with Gasteiger partial charge in [0.2, 0.25) is 15.9 Å². The highest BCUT2D eigenvalue weighted by Gasteiger charge is 2.35. The number of nitrogens with zero attached hydrogens (tertiary/aromatic N) is 3. The number of rotatable bonds is 9. The fourth-order valence-electron chi connectivity index (χ4n) is 5.60. The topological polar surface area (TPSA) is 121 Å². The highest BCUT2D eigenvalue weighted by molar-refractivity contribution is 7.89. The van der Waals surface area contributed by atoms with E-state index in [0.29, 0.717) is 10.7 Å². The van der Waals surface area contributed by atoms with Crippen LogP contribution in [0.3, 0.4) is 0 Å². The minimum Gasteiger partial charge on any atom is -0.488 e. The van der Waals surface area contributed by atoms with Crippen molar-refractivity contribution >= 4 is 50.0 Å². The van der Waals surface area contributed by atoms with Crippen molar-refractivity contribution in [3.8, 4) is 5.75 Å². The maximum Gasteiger partial charge on any atom is 0.258 e. The van der Waals surface area contributed by atoms with E-state index in [2.05, 4.69) is 5.32 Å². The molecule has 0 fully saturated rings. The molecule has 10 nitrogen and oxygen atoms in total. The van der Waals surface area contributed by atoms with Gasteiger partial charge in [-0.25, -0.2) is 8.42 Å². The van der Waals surface area contributed by atoms with Gasteiger partial charge in [0.25, 0.3) is 5.91 Å². The highest BCUT2D eigenvalue weighted by atomic mass is 35.5.